The Morgan fingerprint density at radius 1 is 1.10 bits per heavy atom. The summed E-state index contributed by atoms with van der Waals surface area (Å²) < 4.78 is 1.43. The highest BCUT2D eigenvalue weighted by atomic mass is 16.2. The van der Waals surface area contributed by atoms with Crippen molar-refractivity contribution >= 4 is 22.7 Å². The van der Waals surface area contributed by atoms with Gasteiger partial charge in [0.2, 0.25) is 11.8 Å². The van der Waals surface area contributed by atoms with Crippen LogP contribution < -0.4 is 0 Å². The van der Waals surface area contributed by atoms with Crippen LogP contribution in [-0.4, -0.2) is 39.6 Å². The van der Waals surface area contributed by atoms with Crippen LogP contribution in [0.25, 0.3) is 10.9 Å². The van der Waals surface area contributed by atoms with Gasteiger partial charge in [0.05, 0.1) is 11.2 Å². The van der Waals surface area contributed by atoms with Crippen LogP contribution in [0, 0.1) is 6.92 Å². The molecule has 0 bridgehead atoms. The predicted molar refractivity (Wildman–Crippen MR) is 80.1 cm³/mol. The van der Waals surface area contributed by atoms with Gasteiger partial charge in [-0.25, -0.2) is 0 Å². The molecule has 2 aromatic rings. The number of amides is 1. The third kappa shape index (κ3) is 2.68. The fraction of sp³-hybridized carbons (Fsp3) is 0.438. The number of fused-ring (bicyclic) bond motifs is 1. The lowest BCUT2D eigenvalue weighted by Gasteiger charge is -2.14. The fourth-order valence-corrected chi connectivity index (χ4v) is 2.86. The summed E-state index contributed by atoms with van der Waals surface area (Å²) in [6, 6.07) is 7.66. The summed E-state index contributed by atoms with van der Waals surface area (Å²) in [5.41, 5.74) is 1.65. The Balaban J connectivity index is 1.71. The molecule has 110 valence electrons. The Morgan fingerprint density at radius 3 is 2.52 bits per heavy atom. The van der Waals surface area contributed by atoms with Crippen molar-refractivity contribution in [3.63, 3.8) is 0 Å². The van der Waals surface area contributed by atoms with Crippen LogP contribution in [-0.2, 0) is 4.79 Å². The van der Waals surface area contributed by atoms with E-state index in [2.05, 4.69) is 5.10 Å². The Hall–Kier alpha value is -2.17. The summed E-state index contributed by atoms with van der Waals surface area (Å²) in [6.07, 6.45) is 2.62. The summed E-state index contributed by atoms with van der Waals surface area (Å²) in [5.74, 6) is -0.0409. The van der Waals surface area contributed by atoms with Gasteiger partial charge in [0.15, 0.2) is 0 Å². The molecule has 2 heterocycles. The van der Waals surface area contributed by atoms with Crippen LogP contribution in [0.15, 0.2) is 24.3 Å². The minimum Gasteiger partial charge on any atom is -0.343 e. The summed E-state index contributed by atoms with van der Waals surface area (Å²) in [7, 11) is 0. The van der Waals surface area contributed by atoms with Crippen LogP contribution in [0.1, 0.15) is 36.2 Å². The zero-order valence-corrected chi connectivity index (χ0v) is 12.2. The number of hydrogen-bond acceptors (Lipinski definition) is 3. The minimum atomic E-state index is -0.119. The lowest BCUT2D eigenvalue weighted by molar-refractivity contribution is -0.130. The molecule has 0 radical (unpaired) electrons. The maximum atomic E-state index is 12.3. The zero-order valence-electron chi connectivity index (χ0n) is 12.2. The molecule has 0 saturated carbocycles. The van der Waals surface area contributed by atoms with E-state index in [1.807, 2.05) is 36.1 Å². The average molecular weight is 285 g/mol. The monoisotopic (exact) mass is 285 g/mol. The first-order valence-electron chi connectivity index (χ1n) is 7.42. The molecule has 1 aromatic heterocycles. The molecule has 0 N–H and O–H groups in total. The third-order valence-corrected chi connectivity index (χ3v) is 4.02. The molecular formula is C16H19N3O2. The first kappa shape index (κ1) is 13.8. The van der Waals surface area contributed by atoms with E-state index in [9.17, 15) is 9.59 Å². The van der Waals surface area contributed by atoms with Crippen molar-refractivity contribution in [1.29, 1.82) is 0 Å². The third-order valence-electron chi connectivity index (χ3n) is 4.02. The number of hydrogen-bond donors (Lipinski definition) is 0. The number of nitrogens with zero attached hydrogens (tertiary/aromatic N) is 3. The molecule has 3 rings (SSSR count). The summed E-state index contributed by atoms with van der Waals surface area (Å²) in [5, 5.41) is 5.29. The minimum absolute atomic E-state index is 0.0778. The van der Waals surface area contributed by atoms with E-state index in [-0.39, 0.29) is 24.7 Å². The molecule has 1 fully saturated rings. The van der Waals surface area contributed by atoms with Crippen molar-refractivity contribution in [1.82, 2.24) is 14.7 Å². The lowest BCUT2D eigenvalue weighted by Crippen LogP contribution is -2.28. The average Bonchev–Trinajstić information content (AvgIpc) is 3.13. The molecule has 1 aliphatic rings. The van der Waals surface area contributed by atoms with Gasteiger partial charge in [0, 0.05) is 31.3 Å². The van der Waals surface area contributed by atoms with Crippen molar-refractivity contribution in [3.8, 4) is 0 Å². The van der Waals surface area contributed by atoms with Gasteiger partial charge in [-0.3, -0.25) is 9.59 Å². The van der Waals surface area contributed by atoms with Gasteiger partial charge >= 0.3 is 0 Å². The molecule has 0 unspecified atom stereocenters. The van der Waals surface area contributed by atoms with Crippen molar-refractivity contribution in [2.45, 2.75) is 32.6 Å². The van der Waals surface area contributed by atoms with Gasteiger partial charge in [-0.1, -0.05) is 18.2 Å². The van der Waals surface area contributed by atoms with E-state index in [4.69, 9.17) is 0 Å². The number of aromatic nitrogens is 2. The topological polar surface area (TPSA) is 55.2 Å². The highest BCUT2D eigenvalue weighted by Gasteiger charge is 2.20. The van der Waals surface area contributed by atoms with E-state index in [1.165, 1.54) is 4.68 Å². The van der Waals surface area contributed by atoms with Crippen molar-refractivity contribution < 1.29 is 9.59 Å². The fourth-order valence-electron chi connectivity index (χ4n) is 2.86. The number of likely N-dealkylation sites (tertiary alicyclic amines) is 1. The summed E-state index contributed by atoms with van der Waals surface area (Å²) >= 11 is 0. The van der Waals surface area contributed by atoms with Crippen LogP contribution in [0.4, 0.5) is 0 Å². The smallest absolute Gasteiger partial charge is 0.247 e. The number of rotatable bonds is 3. The van der Waals surface area contributed by atoms with Crippen molar-refractivity contribution in [3.05, 3.63) is 30.0 Å². The number of aryl methyl sites for hydroxylation is 1. The molecule has 0 spiro atoms. The molecule has 0 atom stereocenters. The molecule has 0 aliphatic carbocycles. The zero-order chi connectivity index (χ0) is 14.8. The molecule has 21 heavy (non-hydrogen) atoms. The van der Waals surface area contributed by atoms with Gasteiger partial charge in [0.1, 0.15) is 0 Å². The second kappa shape index (κ2) is 5.68. The van der Waals surface area contributed by atoms with E-state index in [1.54, 1.807) is 0 Å². The second-order valence-electron chi connectivity index (χ2n) is 5.50. The normalized spacial score (nSPS) is 14.8. The quantitative estimate of drug-likeness (QED) is 0.870. The highest BCUT2D eigenvalue weighted by Crippen LogP contribution is 2.18. The Bertz CT molecular complexity index is 684. The molecule has 1 saturated heterocycles. The van der Waals surface area contributed by atoms with Crippen molar-refractivity contribution in [2.24, 2.45) is 0 Å². The Labute approximate surface area is 123 Å². The van der Waals surface area contributed by atoms with Gasteiger partial charge in [-0.15, -0.1) is 0 Å². The van der Waals surface area contributed by atoms with E-state index < -0.39 is 0 Å². The maximum Gasteiger partial charge on any atom is 0.247 e. The first-order chi connectivity index (χ1) is 10.2. The molecule has 5 heteroatoms. The lowest BCUT2D eigenvalue weighted by atomic mass is 10.2. The van der Waals surface area contributed by atoms with E-state index in [0.717, 1.165) is 42.5 Å². The molecule has 1 amide bonds. The molecule has 1 aromatic carbocycles. The summed E-state index contributed by atoms with van der Waals surface area (Å²) in [6.45, 7) is 3.55. The number of carbonyl (C=O) groups excluding carboxylic acids is 2. The van der Waals surface area contributed by atoms with E-state index in [0.29, 0.717) is 0 Å². The van der Waals surface area contributed by atoms with Crippen LogP contribution in [0.3, 0.4) is 0 Å². The molecule has 5 nitrogen and oxygen atoms in total. The second-order valence-corrected chi connectivity index (χ2v) is 5.50. The number of para-hydroxylation sites is 1. The molecular weight excluding hydrogens is 266 g/mol. The van der Waals surface area contributed by atoms with Gasteiger partial charge in [-0.2, -0.15) is 9.78 Å². The van der Waals surface area contributed by atoms with Gasteiger partial charge < -0.3 is 4.90 Å². The molecule has 1 aliphatic heterocycles. The Morgan fingerprint density at radius 2 is 1.76 bits per heavy atom. The first-order valence-corrected chi connectivity index (χ1v) is 7.42. The van der Waals surface area contributed by atoms with Gasteiger partial charge in [-0.05, 0) is 25.8 Å². The van der Waals surface area contributed by atoms with Crippen LogP contribution >= 0.6 is 0 Å². The number of carbonyl (C=O) groups is 2. The van der Waals surface area contributed by atoms with Crippen LogP contribution in [0.5, 0.6) is 0 Å². The van der Waals surface area contributed by atoms with Crippen LogP contribution in [0.2, 0.25) is 0 Å². The largest absolute Gasteiger partial charge is 0.343 e. The van der Waals surface area contributed by atoms with Crippen molar-refractivity contribution in [2.75, 3.05) is 13.1 Å². The SMILES string of the molecule is Cc1nn(C(=O)CCC(=O)N2CCCC2)c2ccccc12. The maximum absolute atomic E-state index is 12.3. The highest BCUT2D eigenvalue weighted by molar-refractivity contribution is 5.93. The standard InChI is InChI=1S/C16H19N3O2/c1-12-13-6-2-3-7-14(13)19(17-12)16(21)9-8-15(20)18-10-4-5-11-18/h2-3,6-7H,4-5,8-11H2,1H3. The van der Waals surface area contributed by atoms with Gasteiger partial charge in [0.25, 0.3) is 0 Å². The number of benzene rings is 1. The van der Waals surface area contributed by atoms with E-state index >= 15 is 0 Å². The predicted octanol–water partition coefficient (Wildman–Crippen LogP) is 2.39. The Kier molecular flexibility index (Phi) is 3.73. The summed E-state index contributed by atoms with van der Waals surface area (Å²) in [4.78, 5) is 26.2.